The second kappa shape index (κ2) is 2.86. The minimum absolute atomic E-state index is 0.0944. The highest BCUT2D eigenvalue weighted by Crippen LogP contribution is 2.34. The molecular weight excluding hydrogens is 190 g/mol. The third-order valence-corrected chi connectivity index (χ3v) is 2.88. The number of nitrogens with zero attached hydrogens (tertiary/aromatic N) is 1. The summed E-state index contributed by atoms with van der Waals surface area (Å²) in [6.07, 6.45) is 3.92. The second-order valence-corrected chi connectivity index (χ2v) is 3.89. The molecular formula is C12H11NO2. The number of benzene rings is 1. The highest BCUT2D eigenvalue weighted by Gasteiger charge is 2.28. The van der Waals surface area contributed by atoms with Gasteiger partial charge < -0.3 is 9.64 Å². The number of hydrogen-bond donors (Lipinski definition) is 0. The molecule has 2 heterocycles. The normalized spacial score (nSPS) is 17.4. The highest BCUT2D eigenvalue weighted by atomic mass is 16.5. The molecule has 0 spiro atoms. The molecule has 0 saturated heterocycles. The Kier molecular flexibility index (Phi) is 1.63. The van der Waals surface area contributed by atoms with Crippen LogP contribution in [0.25, 0.3) is 6.08 Å². The van der Waals surface area contributed by atoms with Crippen molar-refractivity contribution in [2.45, 2.75) is 6.54 Å². The van der Waals surface area contributed by atoms with Crippen molar-refractivity contribution in [2.24, 2.45) is 0 Å². The number of carbonyl (C=O) groups is 1. The Morgan fingerprint density at radius 2 is 2.27 bits per heavy atom. The molecule has 1 amide bonds. The maximum Gasteiger partial charge on any atom is 0.254 e. The standard InChI is InChI=1S/C12H11NO2/c1-13-7-8-4-5-10-9(3-2-6-15-10)11(8)12(13)14/h2-5H,6-7H2,1H3. The first-order valence-electron chi connectivity index (χ1n) is 4.98. The quantitative estimate of drug-likeness (QED) is 0.639. The summed E-state index contributed by atoms with van der Waals surface area (Å²) < 4.78 is 5.47. The molecule has 0 saturated carbocycles. The summed E-state index contributed by atoms with van der Waals surface area (Å²) in [5.41, 5.74) is 2.84. The fourth-order valence-electron chi connectivity index (χ4n) is 2.14. The maximum absolute atomic E-state index is 11.9. The topological polar surface area (TPSA) is 29.5 Å². The van der Waals surface area contributed by atoms with Gasteiger partial charge in [-0.1, -0.05) is 12.1 Å². The molecule has 2 aliphatic heterocycles. The van der Waals surface area contributed by atoms with Crippen LogP contribution in [0.15, 0.2) is 18.2 Å². The summed E-state index contributed by atoms with van der Waals surface area (Å²) in [5.74, 6) is 0.914. The van der Waals surface area contributed by atoms with Gasteiger partial charge in [0, 0.05) is 19.2 Å². The predicted molar refractivity (Wildman–Crippen MR) is 56.8 cm³/mol. The Balaban J connectivity index is 2.26. The second-order valence-electron chi connectivity index (χ2n) is 3.89. The molecule has 1 aromatic carbocycles. The summed E-state index contributed by atoms with van der Waals surface area (Å²) in [5, 5.41) is 0. The number of rotatable bonds is 0. The Bertz CT molecular complexity index is 477. The van der Waals surface area contributed by atoms with E-state index in [9.17, 15) is 4.79 Å². The van der Waals surface area contributed by atoms with E-state index < -0.39 is 0 Å². The largest absolute Gasteiger partial charge is 0.489 e. The zero-order chi connectivity index (χ0) is 10.4. The molecule has 0 N–H and O–H groups in total. The first-order chi connectivity index (χ1) is 7.27. The van der Waals surface area contributed by atoms with Crippen LogP contribution in [0.2, 0.25) is 0 Å². The van der Waals surface area contributed by atoms with E-state index >= 15 is 0 Å². The van der Waals surface area contributed by atoms with Crippen LogP contribution in [0, 0.1) is 0 Å². The van der Waals surface area contributed by atoms with Crippen LogP contribution in [0.1, 0.15) is 21.5 Å². The summed E-state index contributed by atoms with van der Waals surface area (Å²) in [6, 6.07) is 3.93. The van der Waals surface area contributed by atoms with E-state index in [1.54, 1.807) is 4.90 Å². The molecule has 3 nitrogen and oxygen atoms in total. The van der Waals surface area contributed by atoms with Crippen molar-refractivity contribution < 1.29 is 9.53 Å². The molecule has 76 valence electrons. The summed E-state index contributed by atoms with van der Waals surface area (Å²) >= 11 is 0. The fourth-order valence-corrected chi connectivity index (χ4v) is 2.14. The average molecular weight is 201 g/mol. The van der Waals surface area contributed by atoms with Crippen LogP contribution in [-0.4, -0.2) is 24.5 Å². The van der Waals surface area contributed by atoms with Crippen molar-refractivity contribution in [3.63, 3.8) is 0 Å². The van der Waals surface area contributed by atoms with E-state index in [4.69, 9.17) is 4.74 Å². The molecule has 1 aromatic rings. The van der Waals surface area contributed by atoms with Gasteiger partial charge in [0.2, 0.25) is 0 Å². The fraction of sp³-hybridized carbons (Fsp3) is 0.250. The monoisotopic (exact) mass is 201 g/mol. The lowest BCUT2D eigenvalue weighted by atomic mass is 10.0. The Labute approximate surface area is 88.0 Å². The van der Waals surface area contributed by atoms with Crippen molar-refractivity contribution in [1.82, 2.24) is 4.90 Å². The van der Waals surface area contributed by atoms with Gasteiger partial charge in [-0.25, -0.2) is 0 Å². The molecule has 0 atom stereocenters. The molecule has 3 rings (SSSR count). The Morgan fingerprint density at radius 3 is 3.13 bits per heavy atom. The molecule has 0 unspecified atom stereocenters. The van der Waals surface area contributed by atoms with Gasteiger partial charge in [0.25, 0.3) is 5.91 Å². The van der Waals surface area contributed by atoms with Crippen LogP contribution in [0.5, 0.6) is 5.75 Å². The van der Waals surface area contributed by atoms with Crippen LogP contribution in [-0.2, 0) is 6.54 Å². The number of hydrogen-bond acceptors (Lipinski definition) is 2. The molecule has 0 fully saturated rings. The van der Waals surface area contributed by atoms with Gasteiger partial charge in [-0.15, -0.1) is 0 Å². The lowest BCUT2D eigenvalue weighted by molar-refractivity contribution is 0.0816. The van der Waals surface area contributed by atoms with Gasteiger partial charge in [-0.3, -0.25) is 4.79 Å². The predicted octanol–water partition coefficient (Wildman–Crippen LogP) is 1.68. The zero-order valence-electron chi connectivity index (χ0n) is 8.49. The van der Waals surface area contributed by atoms with Gasteiger partial charge in [0.05, 0.1) is 5.56 Å². The number of carbonyl (C=O) groups excluding carboxylic acids is 1. The van der Waals surface area contributed by atoms with Gasteiger partial charge in [-0.2, -0.15) is 0 Å². The molecule has 0 bridgehead atoms. The summed E-state index contributed by atoms with van der Waals surface area (Å²) in [4.78, 5) is 13.6. The van der Waals surface area contributed by atoms with Crippen LogP contribution < -0.4 is 4.74 Å². The molecule has 0 radical (unpaired) electrons. The van der Waals surface area contributed by atoms with Crippen molar-refractivity contribution >= 4 is 12.0 Å². The van der Waals surface area contributed by atoms with Gasteiger partial charge in [0.1, 0.15) is 12.4 Å². The molecule has 0 aliphatic carbocycles. The minimum Gasteiger partial charge on any atom is -0.489 e. The number of amides is 1. The summed E-state index contributed by atoms with van der Waals surface area (Å²) in [7, 11) is 1.82. The van der Waals surface area contributed by atoms with Crippen molar-refractivity contribution in [3.8, 4) is 5.75 Å². The van der Waals surface area contributed by atoms with E-state index in [0.29, 0.717) is 13.2 Å². The maximum atomic E-state index is 11.9. The van der Waals surface area contributed by atoms with Crippen LogP contribution >= 0.6 is 0 Å². The average Bonchev–Trinajstić information content (AvgIpc) is 2.55. The third-order valence-electron chi connectivity index (χ3n) is 2.88. The lowest BCUT2D eigenvalue weighted by Crippen LogP contribution is -2.18. The smallest absolute Gasteiger partial charge is 0.254 e. The van der Waals surface area contributed by atoms with E-state index in [1.165, 1.54) is 0 Å². The molecule has 3 heteroatoms. The van der Waals surface area contributed by atoms with Crippen molar-refractivity contribution in [2.75, 3.05) is 13.7 Å². The molecule has 2 aliphatic rings. The van der Waals surface area contributed by atoms with E-state index in [0.717, 1.165) is 22.4 Å². The van der Waals surface area contributed by atoms with Crippen molar-refractivity contribution in [1.29, 1.82) is 0 Å². The molecule has 15 heavy (non-hydrogen) atoms. The Morgan fingerprint density at radius 1 is 1.40 bits per heavy atom. The highest BCUT2D eigenvalue weighted by molar-refractivity contribution is 6.02. The lowest BCUT2D eigenvalue weighted by Gasteiger charge is -2.14. The first-order valence-corrected chi connectivity index (χ1v) is 4.98. The van der Waals surface area contributed by atoms with Gasteiger partial charge in [-0.05, 0) is 17.7 Å². The van der Waals surface area contributed by atoms with E-state index in [2.05, 4.69) is 0 Å². The van der Waals surface area contributed by atoms with Crippen molar-refractivity contribution in [3.05, 3.63) is 34.9 Å². The summed E-state index contributed by atoms with van der Waals surface area (Å²) in [6.45, 7) is 1.30. The van der Waals surface area contributed by atoms with Crippen LogP contribution in [0.4, 0.5) is 0 Å². The van der Waals surface area contributed by atoms with Gasteiger partial charge in [0.15, 0.2) is 0 Å². The van der Waals surface area contributed by atoms with E-state index in [-0.39, 0.29) is 5.91 Å². The molecule has 0 aromatic heterocycles. The zero-order valence-corrected chi connectivity index (χ0v) is 8.49. The minimum atomic E-state index is 0.0944. The van der Waals surface area contributed by atoms with E-state index in [1.807, 2.05) is 31.3 Å². The SMILES string of the molecule is CN1Cc2ccc3c(c2C1=O)C=CCO3. The van der Waals surface area contributed by atoms with Gasteiger partial charge >= 0.3 is 0 Å². The number of ether oxygens (including phenoxy) is 1. The van der Waals surface area contributed by atoms with Crippen LogP contribution in [0.3, 0.4) is 0 Å². The number of fused-ring (bicyclic) bond motifs is 3. The third kappa shape index (κ3) is 1.09. The Hall–Kier alpha value is -1.77. The first kappa shape index (κ1) is 8.53.